The summed E-state index contributed by atoms with van der Waals surface area (Å²) in [5, 5.41) is 12.7. The lowest BCUT2D eigenvalue weighted by Crippen LogP contribution is -2.33. The molecule has 138 valence electrons. The second kappa shape index (κ2) is 6.31. The molecule has 1 aromatic rings. The first-order valence-electron chi connectivity index (χ1n) is 9.05. The molecule has 0 aromatic heterocycles. The minimum absolute atomic E-state index is 0.0687. The summed E-state index contributed by atoms with van der Waals surface area (Å²) in [7, 11) is -0.535. The monoisotopic (exact) mass is 350 g/mol. The van der Waals surface area contributed by atoms with Crippen LogP contribution < -0.4 is 5.30 Å². The van der Waals surface area contributed by atoms with Crippen molar-refractivity contribution in [3.63, 3.8) is 0 Å². The van der Waals surface area contributed by atoms with Gasteiger partial charge in [-0.25, -0.2) is 0 Å². The Kier molecular flexibility index (Phi) is 5.65. The number of hydrogen-bond acceptors (Lipinski definition) is 1. The summed E-state index contributed by atoms with van der Waals surface area (Å²) in [6, 6.07) is 4.50. The van der Waals surface area contributed by atoms with Crippen molar-refractivity contribution >= 4 is 13.2 Å². The molecule has 2 heteroatoms. The molecule has 1 N–H and O–H groups in total. The molecule has 0 spiro atoms. The molecule has 1 aromatic carbocycles. The van der Waals surface area contributed by atoms with Gasteiger partial charge in [-0.2, -0.15) is 0 Å². The molecule has 0 bridgehead atoms. The molecule has 0 unspecified atom stereocenters. The third-order valence-electron chi connectivity index (χ3n) is 4.35. The second-order valence-corrected chi connectivity index (χ2v) is 14.9. The van der Waals surface area contributed by atoms with E-state index in [1.54, 1.807) is 0 Å². The van der Waals surface area contributed by atoms with E-state index in [0.29, 0.717) is 5.75 Å². The van der Waals surface area contributed by atoms with Crippen molar-refractivity contribution in [1.82, 2.24) is 0 Å². The molecule has 0 saturated heterocycles. The number of hydrogen-bond donors (Lipinski definition) is 1. The Labute approximate surface area is 152 Å². The van der Waals surface area contributed by atoms with Crippen molar-refractivity contribution in [2.75, 3.05) is 0 Å². The molecular weight excluding hydrogens is 311 g/mol. The van der Waals surface area contributed by atoms with Crippen LogP contribution in [0.25, 0.3) is 0 Å². The molecule has 0 aliphatic carbocycles. The van der Waals surface area contributed by atoms with Crippen LogP contribution in [0, 0.1) is 0 Å². The van der Waals surface area contributed by atoms with E-state index < -0.39 is 7.92 Å². The van der Waals surface area contributed by atoms with Gasteiger partial charge in [-0.15, -0.1) is 0 Å². The third kappa shape index (κ3) is 4.75. The summed E-state index contributed by atoms with van der Waals surface area (Å²) in [5.41, 5.74) is 2.39. The van der Waals surface area contributed by atoms with Gasteiger partial charge in [0, 0.05) is 10.9 Å². The smallest absolute Gasteiger partial charge is 0.127 e. The Bertz CT molecular complexity index is 573. The quantitative estimate of drug-likeness (QED) is 0.559. The fourth-order valence-corrected chi connectivity index (χ4v) is 7.58. The van der Waals surface area contributed by atoms with E-state index in [0.717, 1.165) is 5.56 Å². The van der Waals surface area contributed by atoms with Crippen molar-refractivity contribution in [3.05, 3.63) is 23.3 Å². The molecule has 24 heavy (non-hydrogen) atoms. The third-order valence-corrected chi connectivity index (χ3v) is 7.85. The first kappa shape index (κ1) is 21.5. The summed E-state index contributed by atoms with van der Waals surface area (Å²) >= 11 is 0. The van der Waals surface area contributed by atoms with E-state index in [9.17, 15) is 5.11 Å². The highest BCUT2D eigenvalue weighted by molar-refractivity contribution is 7.68. The minimum Gasteiger partial charge on any atom is -0.507 e. The van der Waals surface area contributed by atoms with Crippen LogP contribution in [0.15, 0.2) is 12.1 Å². The molecule has 0 fully saturated rings. The Morgan fingerprint density at radius 1 is 0.667 bits per heavy atom. The van der Waals surface area contributed by atoms with Crippen molar-refractivity contribution in [2.24, 2.45) is 0 Å². The first-order chi connectivity index (χ1) is 10.4. The van der Waals surface area contributed by atoms with Gasteiger partial charge in [0.05, 0.1) is 0 Å². The fourth-order valence-electron chi connectivity index (χ4n) is 3.52. The van der Waals surface area contributed by atoms with E-state index in [1.807, 2.05) is 0 Å². The molecule has 0 aliphatic heterocycles. The maximum absolute atomic E-state index is 11.2. The summed E-state index contributed by atoms with van der Waals surface area (Å²) in [6.07, 6.45) is 0. The van der Waals surface area contributed by atoms with Gasteiger partial charge in [-0.1, -0.05) is 97.1 Å². The van der Waals surface area contributed by atoms with E-state index in [4.69, 9.17) is 0 Å². The van der Waals surface area contributed by atoms with Gasteiger partial charge in [-0.3, -0.25) is 0 Å². The molecular formula is C22H39OP. The van der Waals surface area contributed by atoms with Crippen LogP contribution >= 0.6 is 7.92 Å². The number of rotatable bonds is 1. The highest BCUT2D eigenvalue weighted by Crippen LogP contribution is 2.60. The van der Waals surface area contributed by atoms with Crippen LogP contribution in [0.3, 0.4) is 0 Å². The van der Waals surface area contributed by atoms with Crippen LogP contribution in [0.1, 0.15) is 94.2 Å². The van der Waals surface area contributed by atoms with E-state index in [1.165, 1.54) is 10.9 Å². The topological polar surface area (TPSA) is 20.2 Å². The summed E-state index contributed by atoms with van der Waals surface area (Å²) in [5.74, 6) is 0.520. The van der Waals surface area contributed by atoms with Gasteiger partial charge in [0.25, 0.3) is 0 Å². The lowest BCUT2D eigenvalue weighted by Gasteiger charge is -2.43. The lowest BCUT2D eigenvalue weighted by molar-refractivity contribution is 0.448. The van der Waals surface area contributed by atoms with Gasteiger partial charge in [0.2, 0.25) is 0 Å². The highest BCUT2D eigenvalue weighted by atomic mass is 31.1. The molecule has 0 amide bonds. The van der Waals surface area contributed by atoms with Gasteiger partial charge >= 0.3 is 0 Å². The highest BCUT2D eigenvalue weighted by Gasteiger charge is 2.39. The Morgan fingerprint density at radius 3 is 1.38 bits per heavy atom. The van der Waals surface area contributed by atoms with Crippen molar-refractivity contribution in [2.45, 2.75) is 104 Å². The van der Waals surface area contributed by atoms with E-state index in [2.05, 4.69) is 95.2 Å². The van der Waals surface area contributed by atoms with Crippen LogP contribution in [0.5, 0.6) is 5.75 Å². The van der Waals surface area contributed by atoms with Crippen molar-refractivity contribution < 1.29 is 5.11 Å². The molecule has 0 heterocycles. The van der Waals surface area contributed by atoms with Crippen LogP contribution in [0.2, 0.25) is 0 Å². The van der Waals surface area contributed by atoms with Gasteiger partial charge < -0.3 is 5.11 Å². The fraction of sp³-hybridized carbons (Fsp3) is 0.727. The minimum atomic E-state index is -0.535. The number of aromatic hydroxyl groups is 1. The second-order valence-electron chi connectivity index (χ2n) is 11.1. The van der Waals surface area contributed by atoms with Gasteiger partial charge in [0.15, 0.2) is 0 Å². The van der Waals surface area contributed by atoms with E-state index >= 15 is 0 Å². The maximum Gasteiger partial charge on any atom is 0.127 e. The van der Waals surface area contributed by atoms with Gasteiger partial charge in [-0.05, 0) is 32.8 Å². The molecule has 0 atom stereocenters. The Balaban J connectivity index is 3.86. The van der Waals surface area contributed by atoms with Crippen molar-refractivity contribution in [1.29, 1.82) is 0 Å². The standard InChI is InChI=1S/C22H39OP/c1-19(2,3)15-13-16(20(4,5)6)18(23)17(14-15)24(21(7,8)9)22(10,11)12/h13-14,23H,1-12H3. The average Bonchev–Trinajstić information content (AvgIpc) is 2.24. The lowest BCUT2D eigenvalue weighted by atomic mass is 9.80. The van der Waals surface area contributed by atoms with E-state index in [-0.39, 0.29) is 21.1 Å². The van der Waals surface area contributed by atoms with Crippen molar-refractivity contribution in [3.8, 4) is 5.75 Å². The molecule has 0 saturated carbocycles. The van der Waals surface area contributed by atoms with Crippen LogP contribution in [-0.2, 0) is 10.8 Å². The Hall–Kier alpha value is -0.550. The van der Waals surface area contributed by atoms with Gasteiger partial charge in [0.1, 0.15) is 5.75 Å². The SMILES string of the molecule is CC(C)(C)c1cc(P(C(C)(C)C)C(C)(C)C)c(O)c(C(C)(C)C)c1. The predicted octanol–water partition coefficient (Wildman–Crippen LogP) is 6.69. The zero-order chi connectivity index (χ0) is 19.3. The molecule has 1 rings (SSSR count). The molecule has 0 radical (unpaired) electrons. The average molecular weight is 351 g/mol. The largest absolute Gasteiger partial charge is 0.507 e. The Morgan fingerprint density at radius 2 is 1.08 bits per heavy atom. The zero-order valence-corrected chi connectivity index (χ0v) is 18.9. The summed E-state index contributed by atoms with van der Waals surface area (Å²) < 4.78 is 0. The first-order valence-corrected chi connectivity index (χ1v) is 10.4. The molecule has 1 nitrogen and oxygen atoms in total. The maximum atomic E-state index is 11.2. The van der Waals surface area contributed by atoms with Crippen LogP contribution in [0.4, 0.5) is 0 Å². The number of phenols is 1. The predicted molar refractivity (Wildman–Crippen MR) is 112 cm³/mol. The normalized spacial score (nSPS) is 14.4. The summed E-state index contributed by atoms with van der Waals surface area (Å²) in [6.45, 7) is 27.2. The zero-order valence-electron chi connectivity index (χ0n) is 18.0. The molecule has 0 aliphatic rings. The van der Waals surface area contributed by atoms with Crippen LogP contribution in [-0.4, -0.2) is 15.4 Å². The number of benzene rings is 1. The number of phenolic OH excluding ortho intramolecular Hbond substituents is 1. The summed E-state index contributed by atoms with van der Waals surface area (Å²) in [4.78, 5) is 0.